The van der Waals surface area contributed by atoms with Crippen molar-refractivity contribution >= 4 is 11.9 Å². The van der Waals surface area contributed by atoms with Crippen LogP contribution in [0.1, 0.15) is 5.56 Å². The number of aliphatic carboxylic acids is 1. The van der Waals surface area contributed by atoms with Gasteiger partial charge in [-0.25, -0.2) is 0 Å². The molecule has 5 nitrogen and oxygen atoms in total. The SMILES string of the molecule is O=C(O)CNC(=O)[C@H](CO)Cc1ccccc1. The third-order valence-corrected chi connectivity index (χ3v) is 2.33. The molecular weight excluding hydrogens is 222 g/mol. The van der Waals surface area contributed by atoms with Crippen LogP contribution in [0.15, 0.2) is 30.3 Å². The Labute approximate surface area is 99.1 Å². The van der Waals surface area contributed by atoms with Gasteiger partial charge in [0.15, 0.2) is 0 Å². The molecule has 0 unspecified atom stereocenters. The third kappa shape index (κ3) is 4.65. The Morgan fingerprint density at radius 2 is 1.88 bits per heavy atom. The molecule has 1 aromatic rings. The zero-order chi connectivity index (χ0) is 12.7. The van der Waals surface area contributed by atoms with E-state index in [1.165, 1.54) is 0 Å². The van der Waals surface area contributed by atoms with E-state index in [9.17, 15) is 9.59 Å². The molecule has 1 atom stereocenters. The maximum atomic E-state index is 11.5. The molecule has 0 aromatic heterocycles. The van der Waals surface area contributed by atoms with Crippen LogP contribution in [0.25, 0.3) is 0 Å². The van der Waals surface area contributed by atoms with Gasteiger partial charge in [-0.2, -0.15) is 0 Å². The summed E-state index contributed by atoms with van der Waals surface area (Å²) in [4.78, 5) is 21.8. The number of rotatable bonds is 6. The van der Waals surface area contributed by atoms with E-state index in [0.717, 1.165) is 5.56 Å². The van der Waals surface area contributed by atoms with Crippen molar-refractivity contribution < 1.29 is 19.8 Å². The van der Waals surface area contributed by atoms with E-state index < -0.39 is 24.3 Å². The van der Waals surface area contributed by atoms with Gasteiger partial charge < -0.3 is 15.5 Å². The van der Waals surface area contributed by atoms with Crippen LogP contribution in [0, 0.1) is 5.92 Å². The first-order chi connectivity index (χ1) is 8.13. The van der Waals surface area contributed by atoms with Gasteiger partial charge in [0.05, 0.1) is 12.5 Å². The fourth-order valence-electron chi connectivity index (χ4n) is 1.45. The second-order valence-corrected chi connectivity index (χ2v) is 3.68. The molecule has 0 saturated carbocycles. The van der Waals surface area contributed by atoms with Gasteiger partial charge in [0.1, 0.15) is 6.54 Å². The Morgan fingerprint density at radius 1 is 1.24 bits per heavy atom. The molecule has 92 valence electrons. The molecule has 0 aliphatic rings. The maximum Gasteiger partial charge on any atom is 0.322 e. The number of hydrogen-bond acceptors (Lipinski definition) is 3. The molecule has 0 fully saturated rings. The van der Waals surface area contributed by atoms with Crippen molar-refractivity contribution in [3.63, 3.8) is 0 Å². The first-order valence-electron chi connectivity index (χ1n) is 5.27. The highest BCUT2D eigenvalue weighted by Gasteiger charge is 2.18. The first-order valence-corrected chi connectivity index (χ1v) is 5.27. The fraction of sp³-hybridized carbons (Fsp3) is 0.333. The lowest BCUT2D eigenvalue weighted by Gasteiger charge is -2.13. The maximum absolute atomic E-state index is 11.5. The summed E-state index contributed by atoms with van der Waals surface area (Å²) in [5.74, 6) is -2.16. The summed E-state index contributed by atoms with van der Waals surface area (Å²) in [7, 11) is 0. The number of nitrogens with one attached hydrogen (secondary N) is 1. The molecule has 0 radical (unpaired) electrons. The van der Waals surface area contributed by atoms with Crippen LogP contribution in [-0.4, -0.2) is 35.2 Å². The minimum absolute atomic E-state index is 0.305. The Morgan fingerprint density at radius 3 is 2.41 bits per heavy atom. The summed E-state index contributed by atoms with van der Waals surface area (Å²) >= 11 is 0. The van der Waals surface area contributed by atoms with Crippen molar-refractivity contribution in [2.75, 3.05) is 13.2 Å². The number of carbonyl (C=O) groups is 2. The summed E-state index contributed by atoms with van der Waals surface area (Å²) < 4.78 is 0. The molecule has 0 saturated heterocycles. The summed E-state index contributed by atoms with van der Waals surface area (Å²) in [5.41, 5.74) is 0.928. The second-order valence-electron chi connectivity index (χ2n) is 3.68. The number of benzene rings is 1. The predicted molar refractivity (Wildman–Crippen MR) is 61.4 cm³/mol. The van der Waals surface area contributed by atoms with Gasteiger partial charge in [-0.05, 0) is 12.0 Å². The molecule has 1 aromatic carbocycles. The lowest BCUT2D eigenvalue weighted by molar-refractivity contribution is -0.138. The molecule has 0 aliphatic carbocycles. The number of hydrogen-bond donors (Lipinski definition) is 3. The van der Waals surface area contributed by atoms with E-state index in [2.05, 4.69) is 5.32 Å². The lowest BCUT2D eigenvalue weighted by Crippen LogP contribution is -2.37. The van der Waals surface area contributed by atoms with Gasteiger partial charge in [0.2, 0.25) is 5.91 Å². The highest BCUT2D eigenvalue weighted by molar-refractivity contribution is 5.83. The molecule has 5 heteroatoms. The molecule has 0 bridgehead atoms. The molecule has 0 aliphatic heterocycles. The number of carboxylic acids is 1. The van der Waals surface area contributed by atoms with Gasteiger partial charge in [0, 0.05) is 0 Å². The van der Waals surface area contributed by atoms with Crippen LogP contribution in [0.5, 0.6) is 0 Å². The van der Waals surface area contributed by atoms with Crippen molar-refractivity contribution in [1.82, 2.24) is 5.32 Å². The highest BCUT2D eigenvalue weighted by atomic mass is 16.4. The predicted octanol–water partition coefficient (Wildman–Crippen LogP) is 0.0384. The fourth-order valence-corrected chi connectivity index (χ4v) is 1.45. The number of amides is 1. The average molecular weight is 237 g/mol. The number of carbonyl (C=O) groups excluding carboxylic acids is 1. The standard InChI is InChI=1S/C12H15NO4/c14-8-10(12(17)13-7-11(15)16)6-9-4-2-1-3-5-9/h1-5,10,14H,6-8H2,(H,13,17)(H,15,16)/t10-/m0/s1. The van der Waals surface area contributed by atoms with Crippen molar-refractivity contribution in [3.05, 3.63) is 35.9 Å². The molecule has 1 amide bonds. The Hall–Kier alpha value is -1.88. The van der Waals surface area contributed by atoms with Gasteiger partial charge in [-0.15, -0.1) is 0 Å². The monoisotopic (exact) mass is 237 g/mol. The van der Waals surface area contributed by atoms with E-state index in [1.54, 1.807) is 0 Å². The zero-order valence-corrected chi connectivity index (χ0v) is 9.30. The van der Waals surface area contributed by atoms with Gasteiger partial charge in [-0.1, -0.05) is 30.3 Å². The van der Waals surface area contributed by atoms with Crippen LogP contribution in [0.4, 0.5) is 0 Å². The van der Waals surface area contributed by atoms with E-state index in [4.69, 9.17) is 10.2 Å². The van der Waals surface area contributed by atoms with Crippen LogP contribution in [-0.2, 0) is 16.0 Å². The van der Waals surface area contributed by atoms with E-state index in [0.29, 0.717) is 6.42 Å². The number of aliphatic hydroxyl groups excluding tert-OH is 1. The number of carboxylic acid groups (broad SMARTS) is 1. The second kappa shape index (κ2) is 6.65. The van der Waals surface area contributed by atoms with E-state index >= 15 is 0 Å². The van der Waals surface area contributed by atoms with E-state index in [-0.39, 0.29) is 6.61 Å². The Balaban J connectivity index is 2.53. The largest absolute Gasteiger partial charge is 0.480 e. The quantitative estimate of drug-likeness (QED) is 0.652. The van der Waals surface area contributed by atoms with Crippen LogP contribution < -0.4 is 5.32 Å². The van der Waals surface area contributed by atoms with Gasteiger partial charge >= 0.3 is 5.97 Å². The van der Waals surface area contributed by atoms with Crippen molar-refractivity contribution in [2.24, 2.45) is 5.92 Å². The van der Waals surface area contributed by atoms with Crippen molar-refractivity contribution in [1.29, 1.82) is 0 Å². The van der Waals surface area contributed by atoms with Gasteiger partial charge in [-0.3, -0.25) is 9.59 Å². The molecular formula is C12H15NO4. The average Bonchev–Trinajstić information content (AvgIpc) is 2.34. The topological polar surface area (TPSA) is 86.6 Å². The van der Waals surface area contributed by atoms with Crippen molar-refractivity contribution in [3.8, 4) is 0 Å². The van der Waals surface area contributed by atoms with Gasteiger partial charge in [0.25, 0.3) is 0 Å². The zero-order valence-electron chi connectivity index (χ0n) is 9.30. The Bertz CT molecular complexity index is 377. The first kappa shape index (κ1) is 13.2. The summed E-state index contributed by atoms with van der Waals surface area (Å²) in [6.45, 7) is -0.732. The number of aliphatic hydroxyl groups is 1. The Kier molecular flexibility index (Phi) is 5.16. The molecule has 3 N–H and O–H groups in total. The third-order valence-electron chi connectivity index (χ3n) is 2.33. The van der Waals surface area contributed by atoms with Crippen LogP contribution in [0.3, 0.4) is 0 Å². The van der Waals surface area contributed by atoms with Crippen LogP contribution >= 0.6 is 0 Å². The minimum atomic E-state index is -1.10. The van der Waals surface area contributed by atoms with Crippen LogP contribution in [0.2, 0.25) is 0 Å². The summed E-state index contributed by atoms with van der Waals surface area (Å²) in [5, 5.41) is 19.8. The van der Waals surface area contributed by atoms with E-state index in [1.807, 2.05) is 30.3 Å². The lowest BCUT2D eigenvalue weighted by atomic mass is 9.99. The molecule has 17 heavy (non-hydrogen) atoms. The summed E-state index contributed by atoms with van der Waals surface area (Å²) in [6, 6.07) is 9.26. The van der Waals surface area contributed by atoms with Crippen molar-refractivity contribution in [2.45, 2.75) is 6.42 Å². The molecule has 1 rings (SSSR count). The summed E-state index contributed by atoms with van der Waals surface area (Å²) in [6.07, 6.45) is 0.392. The normalized spacial score (nSPS) is 11.8. The molecule has 0 heterocycles. The minimum Gasteiger partial charge on any atom is -0.480 e. The smallest absolute Gasteiger partial charge is 0.322 e. The molecule has 0 spiro atoms. The highest BCUT2D eigenvalue weighted by Crippen LogP contribution is 2.08.